The fourth-order valence-corrected chi connectivity index (χ4v) is 4.68. The summed E-state index contributed by atoms with van der Waals surface area (Å²) in [4.78, 5) is 0. The van der Waals surface area contributed by atoms with E-state index in [0.29, 0.717) is 0 Å². The van der Waals surface area contributed by atoms with Gasteiger partial charge in [0, 0.05) is 18.0 Å². The Bertz CT molecular complexity index is 437. The van der Waals surface area contributed by atoms with E-state index in [9.17, 15) is 8.42 Å². The topological polar surface area (TPSA) is 55.4 Å². The van der Waals surface area contributed by atoms with Gasteiger partial charge < -0.3 is 10.1 Å². The van der Waals surface area contributed by atoms with E-state index in [1.807, 2.05) is 0 Å². The predicted molar refractivity (Wildman–Crippen MR) is 70.0 cm³/mol. The van der Waals surface area contributed by atoms with Gasteiger partial charge in [0.05, 0.1) is 17.5 Å². The van der Waals surface area contributed by atoms with Crippen molar-refractivity contribution < 1.29 is 13.2 Å². The summed E-state index contributed by atoms with van der Waals surface area (Å²) in [6, 6.07) is -0.0290. The summed E-state index contributed by atoms with van der Waals surface area (Å²) >= 11 is 0. The van der Waals surface area contributed by atoms with Crippen LogP contribution in [0.1, 0.15) is 38.5 Å². The van der Waals surface area contributed by atoms with E-state index in [0.717, 1.165) is 13.0 Å². The Hall–Kier alpha value is -0.390. The van der Waals surface area contributed by atoms with Crippen molar-refractivity contribution in [1.82, 2.24) is 5.32 Å². The van der Waals surface area contributed by atoms with Crippen molar-refractivity contribution in [3.8, 4) is 0 Å². The largest absolute Gasteiger partial charge is 0.370 e. The second-order valence-electron chi connectivity index (χ2n) is 5.84. The third kappa shape index (κ3) is 2.63. The van der Waals surface area contributed by atoms with Crippen molar-refractivity contribution in [2.24, 2.45) is 0 Å². The first-order valence-corrected chi connectivity index (χ1v) is 8.61. The Balaban J connectivity index is 1.47. The van der Waals surface area contributed by atoms with Gasteiger partial charge >= 0.3 is 0 Å². The van der Waals surface area contributed by atoms with Crippen LogP contribution in [0.4, 0.5) is 0 Å². The average Bonchev–Trinajstić information content (AvgIpc) is 3.00. The number of ether oxygens (including phenoxy) is 1. The van der Waals surface area contributed by atoms with Crippen molar-refractivity contribution in [2.45, 2.75) is 56.3 Å². The molecular weight excluding hydrogens is 250 g/mol. The molecule has 3 aliphatic rings. The molecule has 2 fully saturated rings. The van der Waals surface area contributed by atoms with Gasteiger partial charge in [0.2, 0.25) is 0 Å². The fourth-order valence-electron chi connectivity index (χ4n) is 3.41. The molecule has 18 heavy (non-hydrogen) atoms. The molecule has 0 aromatic carbocycles. The van der Waals surface area contributed by atoms with Crippen molar-refractivity contribution in [2.75, 3.05) is 12.3 Å². The number of hydrogen-bond donors (Lipinski definition) is 1. The van der Waals surface area contributed by atoms with Crippen LogP contribution in [0.3, 0.4) is 0 Å². The normalized spacial score (nSPS) is 36.7. The van der Waals surface area contributed by atoms with Crippen LogP contribution in [0, 0.1) is 0 Å². The van der Waals surface area contributed by atoms with Gasteiger partial charge in [0.1, 0.15) is 0 Å². The molecule has 2 atom stereocenters. The van der Waals surface area contributed by atoms with E-state index in [1.54, 1.807) is 6.08 Å². The minimum Gasteiger partial charge on any atom is -0.370 e. The van der Waals surface area contributed by atoms with Crippen LogP contribution in [0.15, 0.2) is 11.5 Å². The molecule has 0 radical (unpaired) electrons. The monoisotopic (exact) mass is 271 g/mol. The van der Waals surface area contributed by atoms with Gasteiger partial charge in [0.25, 0.3) is 0 Å². The molecule has 102 valence electrons. The summed E-state index contributed by atoms with van der Waals surface area (Å²) in [5.41, 5.74) is 0.171. The molecule has 3 rings (SSSR count). The number of sulfone groups is 1. The highest BCUT2D eigenvalue weighted by Gasteiger charge is 2.42. The maximum Gasteiger partial charge on any atom is 0.173 e. The average molecular weight is 271 g/mol. The van der Waals surface area contributed by atoms with Crippen LogP contribution in [-0.4, -0.2) is 38.5 Å². The molecule has 1 saturated carbocycles. The first kappa shape index (κ1) is 12.6. The zero-order valence-electron chi connectivity index (χ0n) is 10.6. The highest BCUT2D eigenvalue weighted by atomic mass is 32.2. The third-order valence-corrected chi connectivity index (χ3v) is 5.79. The second kappa shape index (κ2) is 4.62. The van der Waals surface area contributed by atoms with Crippen LogP contribution >= 0.6 is 0 Å². The molecule has 0 amide bonds. The number of nitrogens with one attached hydrogen (secondary N) is 1. The zero-order chi connectivity index (χ0) is 12.6. The van der Waals surface area contributed by atoms with Crippen molar-refractivity contribution >= 4 is 9.84 Å². The van der Waals surface area contributed by atoms with Crippen molar-refractivity contribution in [1.29, 1.82) is 0 Å². The van der Waals surface area contributed by atoms with Gasteiger partial charge in [-0.05, 0) is 25.7 Å². The molecule has 4 nitrogen and oxygen atoms in total. The maximum atomic E-state index is 11.3. The standard InChI is InChI=1S/C13H21NO3S/c15-18(16)8-4-11(10-18)14-9-12-3-7-13(17-12)5-1-2-6-13/h4,8,11-12,14H,1-3,5-7,9-10H2. The lowest BCUT2D eigenvalue weighted by Gasteiger charge is -2.24. The maximum absolute atomic E-state index is 11.3. The first-order chi connectivity index (χ1) is 8.57. The number of hydrogen-bond acceptors (Lipinski definition) is 4. The Morgan fingerprint density at radius 2 is 2.06 bits per heavy atom. The Morgan fingerprint density at radius 3 is 2.72 bits per heavy atom. The third-order valence-electron chi connectivity index (χ3n) is 4.39. The number of rotatable bonds is 3. The Morgan fingerprint density at radius 1 is 1.28 bits per heavy atom. The van der Waals surface area contributed by atoms with Gasteiger partial charge in [0.15, 0.2) is 9.84 Å². The van der Waals surface area contributed by atoms with Gasteiger partial charge in [-0.15, -0.1) is 0 Å². The van der Waals surface area contributed by atoms with Crippen molar-refractivity contribution in [3.63, 3.8) is 0 Å². The lowest BCUT2D eigenvalue weighted by Crippen LogP contribution is -2.37. The van der Waals surface area contributed by atoms with E-state index in [4.69, 9.17) is 4.74 Å². The molecule has 2 heterocycles. The zero-order valence-corrected chi connectivity index (χ0v) is 11.4. The van der Waals surface area contributed by atoms with Gasteiger partial charge in [-0.3, -0.25) is 0 Å². The minimum atomic E-state index is -2.95. The highest BCUT2D eigenvalue weighted by Crippen LogP contribution is 2.43. The SMILES string of the molecule is O=S1(=O)C=CC(NCC2CCC3(CCCC3)O2)C1. The molecule has 1 saturated heterocycles. The molecule has 2 aliphatic heterocycles. The quantitative estimate of drug-likeness (QED) is 0.842. The molecule has 1 N–H and O–H groups in total. The van der Waals surface area contributed by atoms with Crippen LogP contribution < -0.4 is 5.32 Å². The van der Waals surface area contributed by atoms with E-state index in [2.05, 4.69) is 5.32 Å². The van der Waals surface area contributed by atoms with E-state index >= 15 is 0 Å². The van der Waals surface area contributed by atoms with Gasteiger partial charge in [-0.1, -0.05) is 18.9 Å². The smallest absolute Gasteiger partial charge is 0.173 e. The summed E-state index contributed by atoms with van der Waals surface area (Å²) in [5, 5.41) is 4.61. The summed E-state index contributed by atoms with van der Waals surface area (Å²) in [6.45, 7) is 0.770. The molecule has 0 bridgehead atoms. The summed E-state index contributed by atoms with van der Waals surface area (Å²) in [7, 11) is -2.95. The molecule has 1 spiro atoms. The summed E-state index contributed by atoms with van der Waals surface area (Å²) in [6.07, 6.45) is 9.31. The molecular formula is C13H21NO3S. The van der Waals surface area contributed by atoms with Gasteiger partial charge in [-0.25, -0.2) is 8.42 Å². The highest BCUT2D eigenvalue weighted by molar-refractivity contribution is 7.94. The second-order valence-corrected chi connectivity index (χ2v) is 7.77. The molecule has 0 aromatic rings. The van der Waals surface area contributed by atoms with Crippen molar-refractivity contribution in [3.05, 3.63) is 11.5 Å². The first-order valence-electron chi connectivity index (χ1n) is 6.89. The Kier molecular flexibility index (Phi) is 3.24. The molecule has 1 aliphatic carbocycles. The van der Waals surface area contributed by atoms with Crippen LogP contribution in [-0.2, 0) is 14.6 Å². The lowest BCUT2D eigenvalue weighted by atomic mass is 9.98. The van der Waals surface area contributed by atoms with Crippen LogP contribution in [0.2, 0.25) is 0 Å². The van der Waals surface area contributed by atoms with Gasteiger partial charge in [-0.2, -0.15) is 0 Å². The molecule has 0 aromatic heterocycles. The predicted octanol–water partition coefficient (Wildman–Crippen LogP) is 1.38. The van der Waals surface area contributed by atoms with E-state index in [1.165, 1.54) is 37.5 Å². The summed E-state index contributed by atoms with van der Waals surface area (Å²) < 4.78 is 28.8. The summed E-state index contributed by atoms with van der Waals surface area (Å²) in [5.74, 6) is 0.199. The lowest BCUT2D eigenvalue weighted by molar-refractivity contribution is -0.0353. The molecule has 5 heteroatoms. The minimum absolute atomic E-state index is 0.0290. The molecule has 2 unspecified atom stereocenters. The Labute approximate surface area is 109 Å². The van der Waals surface area contributed by atoms with E-state index in [-0.39, 0.29) is 23.5 Å². The fraction of sp³-hybridized carbons (Fsp3) is 0.846. The van der Waals surface area contributed by atoms with Crippen LogP contribution in [0.25, 0.3) is 0 Å². The van der Waals surface area contributed by atoms with Crippen LogP contribution in [0.5, 0.6) is 0 Å². The van der Waals surface area contributed by atoms with E-state index < -0.39 is 9.84 Å².